The van der Waals surface area contributed by atoms with E-state index in [2.05, 4.69) is 14.5 Å². The quantitative estimate of drug-likeness (QED) is 0.811. The molecule has 0 fully saturated rings. The number of benzene rings is 1. The third-order valence-electron chi connectivity index (χ3n) is 2.53. The first-order valence-electron chi connectivity index (χ1n) is 6.04. The number of nitrogens with zero attached hydrogens (tertiary/aromatic N) is 1. The molecular formula is C13H14N2O4S2. The van der Waals surface area contributed by atoms with Crippen molar-refractivity contribution in [1.82, 2.24) is 10.3 Å². The number of hydrogen-bond acceptors (Lipinski definition) is 6. The van der Waals surface area contributed by atoms with Gasteiger partial charge in [0.25, 0.3) is 10.1 Å². The van der Waals surface area contributed by atoms with Crippen LogP contribution in [0, 0.1) is 0 Å². The van der Waals surface area contributed by atoms with Gasteiger partial charge in [-0.25, -0.2) is 4.98 Å². The van der Waals surface area contributed by atoms with Gasteiger partial charge in [-0.2, -0.15) is 8.42 Å². The van der Waals surface area contributed by atoms with Crippen molar-refractivity contribution in [1.29, 1.82) is 0 Å². The molecular weight excluding hydrogens is 312 g/mol. The maximum atomic E-state index is 11.4. The Morgan fingerprint density at radius 3 is 2.62 bits per heavy atom. The van der Waals surface area contributed by atoms with E-state index in [1.54, 1.807) is 17.5 Å². The van der Waals surface area contributed by atoms with Crippen LogP contribution in [0.2, 0.25) is 0 Å². The molecule has 0 aliphatic carbocycles. The van der Waals surface area contributed by atoms with Crippen LogP contribution in [0.4, 0.5) is 0 Å². The van der Waals surface area contributed by atoms with E-state index < -0.39 is 22.6 Å². The van der Waals surface area contributed by atoms with Gasteiger partial charge >= 0.3 is 0 Å². The van der Waals surface area contributed by atoms with Crippen molar-refractivity contribution >= 4 is 27.4 Å². The zero-order chi connectivity index (χ0) is 15.3. The molecule has 2 rings (SSSR count). The van der Waals surface area contributed by atoms with E-state index in [0.29, 0.717) is 6.54 Å². The lowest BCUT2D eigenvalue weighted by molar-refractivity contribution is -0.123. The SMILES string of the molecule is CS(=O)(=O)OCC(=O)NCc1ccc(-c2nccs2)cc1. The number of aromatic nitrogens is 1. The minimum Gasteiger partial charge on any atom is -0.350 e. The lowest BCUT2D eigenvalue weighted by Crippen LogP contribution is -2.28. The van der Waals surface area contributed by atoms with Gasteiger partial charge in [0.2, 0.25) is 5.91 Å². The third-order valence-corrected chi connectivity index (χ3v) is 3.90. The van der Waals surface area contributed by atoms with Gasteiger partial charge in [0.1, 0.15) is 11.6 Å². The summed E-state index contributed by atoms with van der Waals surface area (Å²) >= 11 is 1.55. The molecule has 0 spiro atoms. The molecule has 1 amide bonds. The summed E-state index contributed by atoms with van der Waals surface area (Å²) in [7, 11) is -3.60. The van der Waals surface area contributed by atoms with Crippen LogP contribution in [0.25, 0.3) is 10.6 Å². The van der Waals surface area contributed by atoms with Crippen molar-refractivity contribution in [3.05, 3.63) is 41.4 Å². The standard InChI is InChI=1S/C13H14N2O4S2/c1-21(17,18)19-9-12(16)15-8-10-2-4-11(5-3-10)13-14-6-7-20-13/h2-7H,8-9H2,1H3,(H,15,16). The van der Waals surface area contributed by atoms with Gasteiger partial charge in [0.05, 0.1) is 6.26 Å². The number of rotatable bonds is 6. The third kappa shape index (κ3) is 5.25. The Hall–Kier alpha value is -1.77. The molecule has 2 aromatic rings. The summed E-state index contributed by atoms with van der Waals surface area (Å²) in [5.41, 5.74) is 1.92. The summed E-state index contributed by atoms with van der Waals surface area (Å²) in [6.07, 6.45) is 2.65. The highest BCUT2D eigenvalue weighted by Gasteiger charge is 2.07. The highest BCUT2D eigenvalue weighted by Crippen LogP contribution is 2.21. The Morgan fingerprint density at radius 2 is 2.05 bits per heavy atom. The topological polar surface area (TPSA) is 85.4 Å². The monoisotopic (exact) mass is 326 g/mol. The van der Waals surface area contributed by atoms with Crippen molar-refractivity contribution in [2.45, 2.75) is 6.54 Å². The summed E-state index contributed by atoms with van der Waals surface area (Å²) < 4.78 is 25.9. The Morgan fingerprint density at radius 1 is 1.33 bits per heavy atom. The summed E-state index contributed by atoms with van der Waals surface area (Å²) in [4.78, 5) is 15.6. The van der Waals surface area contributed by atoms with Crippen molar-refractivity contribution in [3.8, 4) is 10.6 Å². The van der Waals surface area contributed by atoms with Gasteiger partial charge in [-0.15, -0.1) is 11.3 Å². The number of amides is 1. The summed E-state index contributed by atoms with van der Waals surface area (Å²) in [5, 5.41) is 5.43. The fourth-order valence-corrected chi connectivity index (χ4v) is 2.51. The average Bonchev–Trinajstić information content (AvgIpc) is 2.97. The number of thiazole rings is 1. The van der Waals surface area contributed by atoms with E-state index in [1.807, 2.05) is 29.6 Å². The molecule has 0 bridgehead atoms. The average molecular weight is 326 g/mol. The first kappa shape index (κ1) is 15.6. The van der Waals surface area contributed by atoms with E-state index in [4.69, 9.17) is 0 Å². The molecule has 112 valence electrons. The number of hydrogen-bond donors (Lipinski definition) is 1. The van der Waals surface area contributed by atoms with E-state index >= 15 is 0 Å². The molecule has 0 radical (unpaired) electrons. The maximum Gasteiger partial charge on any atom is 0.264 e. The van der Waals surface area contributed by atoms with Crippen molar-refractivity contribution < 1.29 is 17.4 Å². The van der Waals surface area contributed by atoms with Gasteiger partial charge in [-0.1, -0.05) is 24.3 Å². The zero-order valence-electron chi connectivity index (χ0n) is 11.3. The van der Waals surface area contributed by atoms with Crippen LogP contribution >= 0.6 is 11.3 Å². The van der Waals surface area contributed by atoms with Gasteiger partial charge in [0.15, 0.2) is 0 Å². The fraction of sp³-hybridized carbons (Fsp3) is 0.231. The predicted molar refractivity (Wildman–Crippen MR) is 80.2 cm³/mol. The van der Waals surface area contributed by atoms with Crippen molar-refractivity contribution in [2.24, 2.45) is 0 Å². The summed E-state index contributed by atoms with van der Waals surface area (Å²) in [6.45, 7) is -0.194. The molecule has 1 heterocycles. The van der Waals surface area contributed by atoms with Crippen LogP contribution < -0.4 is 5.32 Å². The molecule has 21 heavy (non-hydrogen) atoms. The summed E-state index contributed by atoms with van der Waals surface area (Å²) in [5.74, 6) is -0.482. The van der Waals surface area contributed by atoms with Crippen LogP contribution in [-0.2, 0) is 25.6 Å². The largest absolute Gasteiger partial charge is 0.350 e. The molecule has 0 saturated heterocycles. The molecule has 0 aliphatic rings. The maximum absolute atomic E-state index is 11.4. The number of carbonyl (C=O) groups excluding carboxylic acids is 1. The van der Waals surface area contributed by atoms with Crippen LogP contribution in [0.3, 0.4) is 0 Å². The van der Waals surface area contributed by atoms with Crippen LogP contribution in [0.15, 0.2) is 35.8 Å². The normalized spacial score (nSPS) is 11.3. The highest BCUT2D eigenvalue weighted by molar-refractivity contribution is 7.86. The van der Waals surface area contributed by atoms with E-state index in [9.17, 15) is 13.2 Å². The second-order valence-electron chi connectivity index (χ2n) is 4.28. The molecule has 0 saturated carbocycles. The molecule has 1 N–H and O–H groups in total. The minimum absolute atomic E-state index is 0.310. The van der Waals surface area contributed by atoms with Gasteiger partial charge in [-0.3, -0.25) is 8.98 Å². The fourth-order valence-electron chi connectivity index (χ4n) is 1.54. The second kappa shape index (κ2) is 6.79. The smallest absolute Gasteiger partial charge is 0.264 e. The molecule has 1 aromatic carbocycles. The van der Waals surface area contributed by atoms with Crippen LogP contribution in [0.1, 0.15) is 5.56 Å². The molecule has 6 nitrogen and oxygen atoms in total. The molecule has 0 aliphatic heterocycles. The lowest BCUT2D eigenvalue weighted by atomic mass is 10.1. The number of carbonyl (C=O) groups is 1. The second-order valence-corrected chi connectivity index (χ2v) is 6.82. The number of nitrogens with one attached hydrogen (secondary N) is 1. The molecule has 8 heteroatoms. The Balaban J connectivity index is 1.85. The predicted octanol–water partition coefficient (Wildman–Crippen LogP) is 1.40. The lowest BCUT2D eigenvalue weighted by Gasteiger charge is -2.06. The Bertz CT molecular complexity index is 694. The van der Waals surface area contributed by atoms with E-state index in [0.717, 1.165) is 22.4 Å². The molecule has 0 atom stereocenters. The van der Waals surface area contributed by atoms with Crippen LogP contribution in [0.5, 0.6) is 0 Å². The van der Waals surface area contributed by atoms with Gasteiger partial charge < -0.3 is 5.32 Å². The van der Waals surface area contributed by atoms with Crippen molar-refractivity contribution in [3.63, 3.8) is 0 Å². The zero-order valence-corrected chi connectivity index (χ0v) is 12.9. The van der Waals surface area contributed by atoms with E-state index in [-0.39, 0.29) is 0 Å². The summed E-state index contributed by atoms with van der Waals surface area (Å²) in [6, 6.07) is 7.61. The minimum atomic E-state index is -3.60. The first-order valence-corrected chi connectivity index (χ1v) is 8.73. The molecule has 0 unspecified atom stereocenters. The van der Waals surface area contributed by atoms with Crippen molar-refractivity contribution in [2.75, 3.05) is 12.9 Å². The Labute approximate surface area is 126 Å². The van der Waals surface area contributed by atoms with Gasteiger partial charge in [0, 0.05) is 23.7 Å². The Kier molecular flexibility index (Phi) is 5.05. The van der Waals surface area contributed by atoms with E-state index in [1.165, 1.54) is 0 Å². The van der Waals surface area contributed by atoms with Crippen LogP contribution in [-0.4, -0.2) is 32.2 Å². The highest BCUT2D eigenvalue weighted by atomic mass is 32.2. The van der Waals surface area contributed by atoms with Gasteiger partial charge in [-0.05, 0) is 5.56 Å². The first-order chi connectivity index (χ1) is 9.94. The molecule has 1 aromatic heterocycles.